The molecular formula is C20H23OS+. The van der Waals surface area contributed by atoms with Crippen LogP contribution in [0.25, 0.3) is 0 Å². The maximum Gasteiger partial charge on any atom is 0.161 e. The minimum Gasteiger partial charge on any atom is -0.396 e. The second-order valence-electron chi connectivity index (χ2n) is 6.36. The van der Waals surface area contributed by atoms with Gasteiger partial charge in [0.25, 0.3) is 0 Å². The fourth-order valence-corrected chi connectivity index (χ4v) is 7.06. The van der Waals surface area contributed by atoms with E-state index in [2.05, 4.69) is 48.6 Å². The van der Waals surface area contributed by atoms with Gasteiger partial charge in [0, 0.05) is 13.0 Å². The molecule has 1 aliphatic heterocycles. The Morgan fingerprint density at radius 2 is 1.95 bits per heavy atom. The van der Waals surface area contributed by atoms with Gasteiger partial charge >= 0.3 is 0 Å². The molecule has 1 heterocycles. The lowest BCUT2D eigenvalue weighted by atomic mass is 9.85. The molecule has 0 bridgehead atoms. The first-order valence-corrected chi connectivity index (χ1v) is 9.66. The Morgan fingerprint density at radius 3 is 2.77 bits per heavy atom. The third-order valence-electron chi connectivity index (χ3n) is 5.05. The SMILES string of the molecule is OCCc1ccc([S+]2C3=C(CCC=C3)C3C=CCCC32)cc1. The molecule has 3 unspecified atom stereocenters. The van der Waals surface area contributed by atoms with Gasteiger partial charge in [0.1, 0.15) is 5.25 Å². The van der Waals surface area contributed by atoms with Crippen LogP contribution in [-0.2, 0) is 17.3 Å². The summed E-state index contributed by atoms with van der Waals surface area (Å²) < 4.78 is 0. The number of rotatable bonds is 3. The Kier molecular flexibility index (Phi) is 3.98. The summed E-state index contributed by atoms with van der Waals surface area (Å²) in [5.41, 5.74) is 2.95. The third-order valence-corrected chi connectivity index (χ3v) is 7.83. The molecule has 3 aliphatic rings. The minimum absolute atomic E-state index is 0.235. The van der Waals surface area contributed by atoms with Crippen LogP contribution in [0, 0.1) is 5.92 Å². The number of hydrogen-bond acceptors (Lipinski definition) is 1. The second kappa shape index (κ2) is 6.10. The van der Waals surface area contributed by atoms with Crippen LogP contribution in [0.15, 0.2) is 63.9 Å². The predicted molar refractivity (Wildman–Crippen MR) is 93.9 cm³/mol. The van der Waals surface area contributed by atoms with Crippen LogP contribution in [0.3, 0.4) is 0 Å². The van der Waals surface area contributed by atoms with Crippen molar-refractivity contribution in [2.45, 2.75) is 42.2 Å². The molecule has 1 nitrogen and oxygen atoms in total. The topological polar surface area (TPSA) is 20.2 Å². The quantitative estimate of drug-likeness (QED) is 0.657. The molecule has 0 saturated carbocycles. The van der Waals surface area contributed by atoms with Gasteiger partial charge in [-0.05, 0) is 55.0 Å². The van der Waals surface area contributed by atoms with E-state index in [0.717, 1.165) is 11.7 Å². The van der Waals surface area contributed by atoms with E-state index >= 15 is 0 Å². The van der Waals surface area contributed by atoms with Crippen molar-refractivity contribution < 1.29 is 5.11 Å². The monoisotopic (exact) mass is 311 g/mol. The molecule has 2 aliphatic carbocycles. The van der Waals surface area contributed by atoms with Crippen molar-refractivity contribution in [2.75, 3.05) is 6.61 Å². The maximum atomic E-state index is 9.09. The maximum absolute atomic E-state index is 9.09. The largest absolute Gasteiger partial charge is 0.396 e. The summed E-state index contributed by atoms with van der Waals surface area (Å²) in [6, 6.07) is 9.03. The van der Waals surface area contributed by atoms with E-state index in [4.69, 9.17) is 5.11 Å². The molecule has 2 heteroatoms. The van der Waals surface area contributed by atoms with E-state index in [9.17, 15) is 0 Å². The highest BCUT2D eigenvalue weighted by molar-refractivity contribution is 8.01. The highest BCUT2D eigenvalue weighted by atomic mass is 32.2. The number of fused-ring (bicyclic) bond motifs is 2. The van der Waals surface area contributed by atoms with Gasteiger partial charge in [-0.25, -0.2) is 0 Å². The van der Waals surface area contributed by atoms with Crippen molar-refractivity contribution in [1.82, 2.24) is 0 Å². The molecule has 3 atom stereocenters. The van der Waals surface area contributed by atoms with E-state index in [1.807, 2.05) is 0 Å². The highest BCUT2D eigenvalue weighted by Gasteiger charge is 2.51. The molecule has 0 spiro atoms. The molecule has 0 fully saturated rings. The van der Waals surface area contributed by atoms with Crippen LogP contribution in [0.4, 0.5) is 0 Å². The van der Waals surface area contributed by atoms with Crippen LogP contribution in [0.5, 0.6) is 0 Å². The lowest BCUT2D eigenvalue weighted by molar-refractivity contribution is 0.299. The van der Waals surface area contributed by atoms with Gasteiger partial charge in [-0.3, -0.25) is 0 Å². The van der Waals surface area contributed by atoms with Gasteiger partial charge in [-0.2, -0.15) is 0 Å². The molecule has 0 radical (unpaired) electrons. The Balaban J connectivity index is 1.71. The molecule has 4 rings (SSSR count). The van der Waals surface area contributed by atoms with Crippen LogP contribution >= 0.6 is 0 Å². The van der Waals surface area contributed by atoms with Crippen molar-refractivity contribution in [3.05, 3.63) is 64.6 Å². The molecular weight excluding hydrogens is 288 g/mol. The summed E-state index contributed by atoms with van der Waals surface area (Å²) in [6.07, 6.45) is 15.4. The van der Waals surface area contributed by atoms with Gasteiger partial charge in [0.05, 0.1) is 16.8 Å². The van der Waals surface area contributed by atoms with Crippen LogP contribution in [0.1, 0.15) is 31.2 Å². The average molecular weight is 311 g/mol. The summed E-state index contributed by atoms with van der Waals surface area (Å²) in [4.78, 5) is 3.12. The Labute approximate surface area is 135 Å². The minimum atomic E-state index is 0.235. The number of hydrogen-bond donors (Lipinski definition) is 1. The molecule has 0 aromatic heterocycles. The fraction of sp³-hybridized carbons (Fsp3) is 0.400. The Bertz CT molecular complexity index is 638. The zero-order chi connectivity index (χ0) is 14.9. The summed E-state index contributed by atoms with van der Waals surface area (Å²) in [5, 5.41) is 9.87. The molecule has 0 saturated heterocycles. The smallest absolute Gasteiger partial charge is 0.161 e. The van der Waals surface area contributed by atoms with Crippen molar-refractivity contribution in [3.8, 4) is 0 Å². The molecule has 0 amide bonds. The Hall–Kier alpha value is -1.25. The molecule has 1 aromatic carbocycles. The van der Waals surface area contributed by atoms with Crippen LogP contribution < -0.4 is 0 Å². The van der Waals surface area contributed by atoms with Gasteiger partial charge in [-0.15, -0.1) is 0 Å². The first-order chi connectivity index (χ1) is 10.9. The summed E-state index contributed by atoms with van der Waals surface area (Å²) in [5.74, 6) is 0.689. The Morgan fingerprint density at radius 1 is 1.09 bits per heavy atom. The highest BCUT2D eigenvalue weighted by Crippen LogP contribution is 2.49. The zero-order valence-corrected chi connectivity index (χ0v) is 13.7. The second-order valence-corrected chi connectivity index (χ2v) is 8.55. The normalized spacial score (nSPS) is 29.6. The van der Waals surface area contributed by atoms with Crippen LogP contribution in [-0.4, -0.2) is 17.0 Å². The number of aliphatic hydroxyl groups is 1. The lowest BCUT2D eigenvalue weighted by Crippen LogP contribution is -2.25. The predicted octanol–water partition coefficient (Wildman–Crippen LogP) is 4.15. The summed E-state index contributed by atoms with van der Waals surface area (Å²) in [7, 11) is 0.243. The zero-order valence-electron chi connectivity index (χ0n) is 12.9. The molecule has 1 aromatic rings. The van der Waals surface area contributed by atoms with E-state index in [1.165, 1.54) is 36.1 Å². The standard InChI is InChI=1S/C20H23OS/c21-14-13-15-9-11-16(12-10-15)22-19-7-3-1-5-17(19)18-6-2-4-8-20(18)22/h1,4-5,8-12,17,19,21H,2-3,6-7,13-14H2/q+1. The lowest BCUT2D eigenvalue weighted by Gasteiger charge is -2.20. The van der Waals surface area contributed by atoms with Crippen molar-refractivity contribution in [2.24, 2.45) is 5.92 Å². The first-order valence-electron chi connectivity index (χ1n) is 8.37. The summed E-state index contributed by atoms with van der Waals surface area (Å²) >= 11 is 0. The van der Waals surface area contributed by atoms with Gasteiger partial charge in [-0.1, -0.05) is 30.4 Å². The molecule has 22 heavy (non-hydrogen) atoms. The summed E-state index contributed by atoms with van der Waals surface area (Å²) in [6.45, 7) is 0.235. The van der Waals surface area contributed by atoms with Crippen molar-refractivity contribution >= 4 is 10.9 Å². The van der Waals surface area contributed by atoms with Crippen molar-refractivity contribution in [3.63, 3.8) is 0 Å². The molecule has 114 valence electrons. The fourth-order valence-electron chi connectivity index (χ4n) is 4.01. The van der Waals surface area contributed by atoms with E-state index in [0.29, 0.717) is 5.92 Å². The third kappa shape index (κ3) is 2.39. The van der Waals surface area contributed by atoms with Crippen molar-refractivity contribution in [1.29, 1.82) is 0 Å². The van der Waals surface area contributed by atoms with Gasteiger partial charge < -0.3 is 5.11 Å². The van der Waals surface area contributed by atoms with E-state index in [1.54, 1.807) is 10.5 Å². The first kappa shape index (κ1) is 14.3. The van der Waals surface area contributed by atoms with Crippen LogP contribution in [0.2, 0.25) is 0 Å². The van der Waals surface area contributed by atoms with Gasteiger partial charge in [0.2, 0.25) is 0 Å². The average Bonchev–Trinajstić information content (AvgIpc) is 2.91. The van der Waals surface area contributed by atoms with Gasteiger partial charge in [0.15, 0.2) is 9.80 Å². The van der Waals surface area contributed by atoms with E-state index in [-0.39, 0.29) is 17.5 Å². The van der Waals surface area contributed by atoms with E-state index < -0.39 is 0 Å². The number of aliphatic hydroxyl groups excluding tert-OH is 1. The number of allylic oxidation sites excluding steroid dienone is 5. The molecule has 1 N–H and O–H groups in total. The number of benzene rings is 1.